The zero-order valence-corrected chi connectivity index (χ0v) is 15.3. The van der Waals surface area contributed by atoms with Gasteiger partial charge in [0.15, 0.2) is 5.13 Å². The lowest BCUT2D eigenvalue weighted by molar-refractivity contribution is -0.114. The van der Waals surface area contributed by atoms with E-state index in [0.717, 1.165) is 21.2 Å². The van der Waals surface area contributed by atoms with Crippen LogP contribution in [0.25, 0.3) is 0 Å². The summed E-state index contributed by atoms with van der Waals surface area (Å²) in [5, 5.41) is 15.8. The largest absolute Gasteiger partial charge is 0.376 e. The van der Waals surface area contributed by atoms with Crippen LogP contribution in [-0.4, -0.2) is 17.4 Å². The van der Waals surface area contributed by atoms with Gasteiger partial charge < -0.3 is 10.6 Å². The maximum atomic E-state index is 12.1. The molecule has 1 heterocycles. The van der Waals surface area contributed by atoms with Gasteiger partial charge in [0.2, 0.25) is 5.91 Å². The minimum Gasteiger partial charge on any atom is -0.376 e. The summed E-state index contributed by atoms with van der Waals surface area (Å²) in [5.74, 6) is -0.187. The molecule has 3 aromatic rings. The van der Waals surface area contributed by atoms with E-state index in [0.29, 0.717) is 17.1 Å². The molecule has 26 heavy (non-hydrogen) atoms. The maximum absolute atomic E-state index is 12.1. The van der Waals surface area contributed by atoms with E-state index in [-0.39, 0.29) is 12.5 Å². The number of hydrogen-bond donors (Lipinski definition) is 2. The minimum absolute atomic E-state index is 0.116. The number of nitrogens with zero attached hydrogens (tertiary/aromatic N) is 2. The van der Waals surface area contributed by atoms with Crippen LogP contribution in [0.2, 0.25) is 5.02 Å². The Morgan fingerprint density at radius 2 is 1.96 bits per heavy atom. The van der Waals surface area contributed by atoms with Crippen molar-refractivity contribution in [2.45, 2.75) is 6.42 Å². The second-order valence-corrected chi connectivity index (χ2v) is 7.01. The third kappa shape index (κ3) is 4.82. The summed E-state index contributed by atoms with van der Waals surface area (Å²) in [6.07, 6.45) is 2.42. The fourth-order valence-corrected chi connectivity index (χ4v) is 3.34. The smallest absolute Gasteiger partial charge is 0.245 e. The first-order valence-corrected chi connectivity index (χ1v) is 9.05. The van der Waals surface area contributed by atoms with Crippen molar-refractivity contribution in [3.63, 3.8) is 0 Å². The highest BCUT2D eigenvalue weighted by molar-refractivity contribution is 7.15. The van der Waals surface area contributed by atoms with Crippen LogP contribution in [0.3, 0.4) is 0 Å². The number of halogens is 1. The predicted molar refractivity (Wildman–Crippen MR) is 105 cm³/mol. The topological polar surface area (TPSA) is 77.8 Å². The van der Waals surface area contributed by atoms with E-state index in [2.05, 4.69) is 21.7 Å². The van der Waals surface area contributed by atoms with E-state index in [1.54, 1.807) is 30.5 Å². The SMILES string of the molecule is N#Cc1ccc(NCC(=O)Nc2ncc(Cc3ccccc3Cl)s2)cc1. The number of carbonyl (C=O) groups excluding carboxylic acids is 1. The van der Waals surface area contributed by atoms with Crippen molar-refractivity contribution in [3.8, 4) is 6.07 Å². The van der Waals surface area contributed by atoms with Crippen LogP contribution in [0.5, 0.6) is 0 Å². The Morgan fingerprint density at radius 1 is 1.19 bits per heavy atom. The molecule has 1 amide bonds. The highest BCUT2D eigenvalue weighted by Gasteiger charge is 2.08. The van der Waals surface area contributed by atoms with Crippen molar-refractivity contribution in [1.82, 2.24) is 4.98 Å². The van der Waals surface area contributed by atoms with E-state index >= 15 is 0 Å². The van der Waals surface area contributed by atoms with Gasteiger partial charge in [-0.05, 0) is 35.9 Å². The molecule has 0 saturated heterocycles. The van der Waals surface area contributed by atoms with Gasteiger partial charge in [0.25, 0.3) is 0 Å². The first kappa shape index (κ1) is 17.9. The Bertz CT molecular complexity index is 947. The molecular formula is C19H15ClN4OS. The number of nitriles is 1. The average Bonchev–Trinajstić information content (AvgIpc) is 3.09. The predicted octanol–water partition coefficient (Wildman–Crippen LogP) is 4.31. The summed E-state index contributed by atoms with van der Waals surface area (Å²) < 4.78 is 0. The van der Waals surface area contributed by atoms with E-state index < -0.39 is 0 Å². The summed E-state index contributed by atoms with van der Waals surface area (Å²) in [6, 6.07) is 16.6. The number of rotatable bonds is 6. The molecule has 3 rings (SSSR count). The van der Waals surface area contributed by atoms with E-state index in [4.69, 9.17) is 16.9 Å². The van der Waals surface area contributed by atoms with Gasteiger partial charge in [-0.15, -0.1) is 11.3 Å². The molecule has 1 aromatic heterocycles. The van der Waals surface area contributed by atoms with Crippen LogP contribution in [-0.2, 0) is 11.2 Å². The summed E-state index contributed by atoms with van der Waals surface area (Å²) in [4.78, 5) is 17.3. The fraction of sp³-hybridized carbons (Fsp3) is 0.105. The summed E-state index contributed by atoms with van der Waals surface area (Å²) in [5.41, 5.74) is 2.38. The van der Waals surface area contributed by atoms with Gasteiger partial charge in [-0.1, -0.05) is 29.8 Å². The number of carbonyl (C=O) groups is 1. The van der Waals surface area contributed by atoms with Crippen LogP contribution in [0.1, 0.15) is 16.0 Å². The molecule has 0 spiro atoms. The van der Waals surface area contributed by atoms with Gasteiger partial charge in [0, 0.05) is 28.2 Å². The molecule has 2 aromatic carbocycles. The Morgan fingerprint density at radius 3 is 2.69 bits per heavy atom. The van der Waals surface area contributed by atoms with Gasteiger partial charge in [0.05, 0.1) is 18.2 Å². The van der Waals surface area contributed by atoms with Gasteiger partial charge in [-0.25, -0.2) is 4.98 Å². The third-order valence-corrected chi connectivity index (χ3v) is 4.87. The van der Waals surface area contributed by atoms with E-state index in [1.807, 2.05) is 24.3 Å². The molecular weight excluding hydrogens is 368 g/mol. The lowest BCUT2D eigenvalue weighted by Gasteiger charge is -2.06. The number of thiazole rings is 1. The fourth-order valence-electron chi connectivity index (χ4n) is 2.28. The molecule has 0 saturated carbocycles. The Kier molecular flexibility index (Phi) is 5.84. The Labute approximate surface area is 160 Å². The lowest BCUT2D eigenvalue weighted by atomic mass is 10.1. The molecule has 0 aliphatic rings. The van der Waals surface area contributed by atoms with Crippen molar-refractivity contribution in [2.75, 3.05) is 17.2 Å². The third-order valence-electron chi connectivity index (χ3n) is 3.59. The normalized spacial score (nSPS) is 10.2. The highest BCUT2D eigenvalue weighted by atomic mass is 35.5. The van der Waals surface area contributed by atoms with Crippen LogP contribution in [0, 0.1) is 11.3 Å². The van der Waals surface area contributed by atoms with Gasteiger partial charge >= 0.3 is 0 Å². The zero-order valence-electron chi connectivity index (χ0n) is 13.7. The van der Waals surface area contributed by atoms with Crippen molar-refractivity contribution in [3.05, 3.63) is 75.8 Å². The number of nitrogens with one attached hydrogen (secondary N) is 2. The van der Waals surface area contributed by atoms with Crippen molar-refractivity contribution in [2.24, 2.45) is 0 Å². The molecule has 0 unspecified atom stereocenters. The summed E-state index contributed by atoms with van der Waals surface area (Å²) >= 11 is 7.60. The Hall–Kier alpha value is -2.88. The first-order valence-electron chi connectivity index (χ1n) is 7.86. The minimum atomic E-state index is -0.187. The monoisotopic (exact) mass is 382 g/mol. The number of aromatic nitrogens is 1. The van der Waals surface area contributed by atoms with Crippen LogP contribution < -0.4 is 10.6 Å². The number of anilines is 2. The summed E-state index contributed by atoms with van der Waals surface area (Å²) in [6.45, 7) is 0.116. The molecule has 5 nitrogen and oxygen atoms in total. The number of benzene rings is 2. The summed E-state index contributed by atoms with van der Waals surface area (Å²) in [7, 11) is 0. The molecule has 0 bridgehead atoms. The lowest BCUT2D eigenvalue weighted by Crippen LogP contribution is -2.21. The van der Waals surface area contributed by atoms with Gasteiger partial charge in [0.1, 0.15) is 0 Å². The average molecular weight is 383 g/mol. The standard InChI is InChI=1S/C19H15ClN4OS/c20-17-4-2-1-3-14(17)9-16-11-23-19(26-16)24-18(25)12-22-15-7-5-13(10-21)6-8-15/h1-8,11,22H,9,12H2,(H,23,24,25). The van der Waals surface area contributed by atoms with Crippen LogP contribution in [0.4, 0.5) is 10.8 Å². The molecule has 2 N–H and O–H groups in total. The molecule has 130 valence electrons. The number of amides is 1. The molecule has 0 aliphatic heterocycles. The zero-order chi connectivity index (χ0) is 18.4. The molecule has 0 fully saturated rings. The molecule has 0 radical (unpaired) electrons. The molecule has 0 atom stereocenters. The number of hydrogen-bond acceptors (Lipinski definition) is 5. The van der Waals surface area contributed by atoms with Crippen LogP contribution >= 0.6 is 22.9 Å². The van der Waals surface area contributed by atoms with E-state index in [1.165, 1.54) is 11.3 Å². The molecule has 0 aliphatic carbocycles. The first-order chi connectivity index (χ1) is 12.6. The Balaban J connectivity index is 1.52. The van der Waals surface area contributed by atoms with Gasteiger partial charge in [-0.2, -0.15) is 5.26 Å². The highest BCUT2D eigenvalue weighted by Crippen LogP contribution is 2.24. The second kappa shape index (κ2) is 8.48. The second-order valence-electron chi connectivity index (χ2n) is 5.49. The van der Waals surface area contributed by atoms with Gasteiger partial charge in [-0.3, -0.25) is 4.79 Å². The van der Waals surface area contributed by atoms with Crippen molar-refractivity contribution >= 4 is 39.7 Å². The van der Waals surface area contributed by atoms with Crippen LogP contribution in [0.15, 0.2) is 54.7 Å². The quantitative estimate of drug-likeness (QED) is 0.665. The van der Waals surface area contributed by atoms with Crippen molar-refractivity contribution in [1.29, 1.82) is 5.26 Å². The van der Waals surface area contributed by atoms with E-state index in [9.17, 15) is 4.79 Å². The maximum Gasteiger partial charge on any atom is 0.245 e. The molecule has 7 heteroatoms. The van der Waals surface area contributed by atoms with Crippen molar-refractivity contribution < 1.29 is 4.79 Å².